The summed E-state index contributed by atoms with van der Waals surface area (Å²) in [6.07, 6.45) is 10.5. The van der Waals surface area contributed by atoms with E-state index in [1.54, 1.807) is 0 Å². The van der Waals surface area contributed by atoms with Crippen LogP contribution in [0, 0.1) is 11.8 Å². The smallest absolute Gasteiger partial charge is 0.150 e. The largest absolute Gasteiger partial charge is 0.301 e. The lowest BCUT2D eigenvalue weighted by Gasteiger charge is -2.36. The Labute approximate surface area is 182 Å². The van der Waals surface area contributed by atoms with Crippen molar-refractivity contribution in [3.63, 3.8) is 0 Å². The molecule has 5 atom stereocenters. The SMILES string of the molecule is CN(C)C1CCC(C2NOC(C3CCCN3CC3CCC(S(C)(=O)=O)CC3)N2)CN1. The van der Waals surface area contributed by atoms with E-state index < -0.39 is 9.84 Å². The molecule has 3 heterocycles. The Morgan fingerprint density at radius 2 is 1.83 bits per heavy atom. The van der Waals surface area contributed by atoms with Gasteiger partial charge in [-0.05, 0) is 77.9 Å². The summed E-state index contributed by atoms with van der Waals surface area (Å²) < 4.78 is 23.7. The van der Waals surface area contributed by atoms with Crippen molar-refractivity contribution in [2.45, 2.75) is 81.2 Å². The molecule has 0 spiro atoms. The van der Waals surface area contributed by atoms with Crippen molar-refractivity contribution < 1.29 is 13.3 Å². The summed E-state index contributed by atoms with van der Waals surface area (Å²) in [5, 5.41) is 7.26. The van der Waals surface area contributed by atoms with Crippen LogP contribution >= 0.6 is 0 Å². The van der Waals surface area contributed by atoms with Gasteiger partial charge in [0.15, 0.2) is 0 Å². The average Bonchev–Trinajstić information content (AvgIpc) is 3.37. The van der Waals surface area contributed by atoms with Gasteiger partial charge in [0.2, 0.25) is 0 Å². The van der Waals surface area contributed by atoms with E-state index in [0.29, 0.717) is 24.0 Å². The molecule has 4 fully saturated rings. The van der Waals surface area contributed by atoms with Crippen LogP contribution in [0.4, 0.5) is 0 Å². The molecular weight excluding hydrogens is 402 g/mol. The first-order chi connectivity index (χ1) is 14.3. The van der Waals surface area contributed by atoms with Gasteiger partial charge in [0.05, 0.1) is 23.6 Å². The zero-order valence-electron chi connectivity index (χ0n) is 18.8. The Morgan fingerprint density at radius 1 is 1.07 bits per heavy atom. The fourth-order valence-electron chi connectivity index (χ4n) is 5.90. The standard InChI is InChI=1S/C21H41N5O3S/c1-25(2)19-11-8-16(13-22-19)20-23-21(29-24-20)18-5-4-12-26(18)14-15-6-9-17(10-7-15)30(3,27)28/h15-24H,4-14H2,1-3H3. The van der Waals surface area contributed by atoms with Crippen LogP contribution < -0.4 is 16.1 Å². The summed E-state index contributed by atoms with van der Waals surface area (Å²) in [4.78, 5) is 10.9. The van der Waals surface area contributed by atoms with Gasteiger partial charge in [-0.1, -0.05) is 0 Å². The van der Waals surface area contributed by atoms with E-state index in [1.165, 1.54) is 19.1 Å². The van der Waals surface area contributed by atoms with Crippen molar-refractivity contribution in [1.29, 1.82) is 0 Å². The van der Waals surface area contributed by atoms with E-state index in [0.717, 1.165) is 58.2 Å². The fraction of sp³-hybridized carbons (Fsp3) is 1.00. The van der Waals surface area contributed by atoms with Crippen LogP contribution in [0.5, 0.6) is 0 Å². The van der Waals surface area contributed by atoms with Crippen LogP contribution in [0.2, 0.25) is 0 Å². The summed E-state index contributed by atoms with van der Waals surface area (Å²) in [5.74, 6) is 1.14. The number of nitrogens with zero attached hydrogens (tertiary/aromatic N) is 2. The number of piperidine rings is 1. The molecule has 9 heteroatoms. The number of nitrogens with one attached hydrogen (secondary N) is 3. The normalized spacial score (nSPS) is 41.5. The van der Waals surface area contributed by atoms with Crippen molar-refractivity contribution >= 4 is 9.84 Å². The third-order valence-electron chi connectivity index (χ3n) is 7.84. The highest BCUT2D eigenvalue weighted by Crippen LogP contribution is 2.32. The molecule has 5 unspecified atom stereocenters. The summed E-state index contributed by atoms with van der Waals surface area (Å²) in [6, 6.07) is 0.404. The maximum Gasteiger partial charge on any atom is 0.150 e. The molecule has 4 aliphatic rings. The van der Waals surface area contributed by atoms with E-state index in [-0.39, 0.29) is 17.6 Å². The van der Waals surface area contributed by atoms with Gasteiger partial charge in [0.25, 0.3) is 0 Å². The van der Waals surface area contributed by atoms with Crippen LogP contribution in [-0.4, -0.2) is 88.1 Å². The van der Waals surface area contributed by atoms with Crippen molar-refractivity contribution in [2.75, 3.05) is 40.0 Å². The molecule has 0 aromatic rings. The molecule has 8 nitrogen and oxygen atoms in total. The molecule has 0 bridgehead atoms. The Kier molecular flexibility index (Phi) is 7.39. The predicted molar refractivity (Wildman–Crippen MR) is 118 cm³/mol. The Hall–Kier alpha value is -0.290. The van der Waals surface area contributed by atoms with Crippen molar-refractivity contribution in [3.8, 4) is 0 Å². The summed E-state index contributed by atoms with van der Waals surface area (Å²) >= 11 is 0. The van der Waals surface area contributed by atoms with E-state index >= 15 is 0 Å². The molecule has 4 rings (SSSR count). The van der Waals surface area contributed by atoms with E-state index in [2.05, 4.69) is 40.0 Å². The van der Waals surface area contributed by atoms with Gasteiger partial charge >= 0.3 is 0 Å². The van der Waals surface area contributed by atoms with Gasteiger partial charge in [-0.25, -0.2) is 8.42 Å². The van der Waals surface area contributed by atoms with Gasteiger partial charge in [0.1, 0.15) is 16.1 Å². The summed E-state index contributed by atoms with van der Waals surface area (Å²) in [7, 11) is 1.38. The second-order valence-corrected chi connectivity index (χ2v) is 12.5. The number of hydroxylamine groups is 1. The molecule has 30 heavy (non-hydrogen) atoms. The molecule has 3 N–H and O–H groups in total. The zero-order chi connectivity index (χ0) is 21.3. The minimum Gasteiger partial charge on any atom is -0.301 e. The van der Waals surface area contributed by atoms with E-state index in [9.17, 15) is 8.42 Å². The highest BCUT2D eigenvalue weighted by atomic mass is 32.2. The summed E-state index contributed by atoms with van der Waals surface area (Å²) in [6.45, 7) is 3.20. The second kappa shape index (κ2) is 9.68. The molecule has 1 aliphatic carbocycles. The van der Waals surface area contributed by atoms with Gasteiger partial charge < -0.3 is 5.32 Å². The topological polar surface area (TPSA) is 85.9 Å². The lowest BCUT2D eigenvalue weighted by atomic mass is 9.88. The van der Waals surface area contributed by atoms with Crippen LogP contribution in [0.1, 0.15) is 51.4 Å². The number of hydrogen-bond acceptors (Lipinski definition) is 8. The number of hydrogen-bond donors (Lipinski definition) is 3. The Morgan fingerprint density at radius 3 is 2.47 bits per heavy atom. The second-order valence-electron chi connectivity index (χ2n) is 10.2. The van der Waals surface area contributed by atoms with Crippen molar-refractivity contribution in [3.05, 3.63) is 0 Å². The first-order valence-corrected chi connectivity index (χ1v) is 13.8. The quantitative estimate of drug-likeness (QED) is 0.554. The molecule has 174 valence electrons. The third-order valence-corrected chi connectivity index (χ3v) is 9.53. The van der Waals surface area contributed by atoms with E-state index in [1.807, 2.05) is 0 Å². The Bertz CT molecular complexity index is 660. The fourth-order valence-corrected chi connectivity index (χ4v) is 7.03. The maximum atomic E-state index is 11.8. The first-order valence-electron chi connectivity index (χ1n) is 11.8. The van der Waals surface area contributed by atoms with Gasteiger partial charge in [0, 0.05) is 25.3 Å². The molecule has 0 radical (unpaired) electrons. The van der Waals surface area contributed by atoms with Crippen LogP contribution in [0.25, 0.3) is 0 Å². The molecule has 0 amide bonds. The number of sulfone groups is 1. The molecule has 3 aliphatic heterocycles. The highest BCUT2D eigenvalue weighted by Gasteiger charge is 2.41. The summed E-state index contributed by atoms with van der Waals surface area (Å²) in [5.41, 5.74) is 3.29. The lowest BCUT2D eigenvalue weighted by molar-refractivity contribution is -0.0272. The van der Waals surface area contributed by atoms with Crippen molar-refractivity contribution in [2.24, 2.45) is 11.8 Å². The highest BCUT2D eigenvalue weighted by molar-refractivity contribution is 7.91. The number of rotatable bonds is 6. The lowest BCUT2D eigenvalue weighted by Crippen LogP contribution is -2.54. The minimum absolute atomic E-state index is 0.0384. The van der Waals surface area contributed by atoms with E-state index in [4.69, 9.17) is 4.84 Å². The monoisotopic (exact) mass is 443 g/mol. The third kappa shape index (κ3) is 5.36. The molecule has 0 aromatic heterocycles. The van der Waals surface area contributed by atoms with Gasteiger partial charge in [-0.15, -0.1) is 0 Å². The van der Waals surface area contributed by atoms with Crippen LogP contribution in [0.3, 0.4) is 0 Å². The number of likely N-dealkylation sites (tertiary alicyclic amines) is 1. The molecular formula is C21H41N5O3S. The molecule has 0 aromatic carbocycles. The van der Waals surface area contributed by atoms with Crippen LogP contribution in [-0.2, 0) is 14.7 Å². The average molecular weight is 444 g/mol. The van der Waals surface area contributed by atoms with Crippen LogP contribution in [0.15, 0.2) is 0 Å². The zero-order valence-corrected chi connectivity index (χ0v) is 19.7. The predicted octanol–water partition coefficient (Wildman–Crippen LogP) is 0.718. The molecule has 1 saturated carbocycles. The molecule has 3 saturated heterocycles. The Balaban J connectivity index is 1.25. The van der Waals surface area contributed by atoms with Crippen molar-refractivity contribution in [1.82, 2.24) is 25.9 Å². The van der Waals surface area contributed by atoms with Gasteiger partial charge in [-0.2, -0.15) is 5.48 Å². The maximum absolute atomic E-state index is 11.8. The minimum atomic E-state index is -2.89. The van der Waals surface area contributed by atoms with Gasteiger partial charge in [-0.3, -0.25) is 20.0 Å². The first kappa shape index (κ1) is 22.9.